The van der Waals surface area contributed by atoms with Crippen molar-refractivity contribution in [2.75, 3.05) is 38.8 Å². The number of hydrogen-bond acceptors (Lipinski definition) is 4. The van der Waals surface area contributed by atoms with E-state index in [1.54, 1.807) is 14.2 Å². The van der Waals surface area contributed by atoms with Crippen LogP contribution in [0.2, 0.25) is 0 Å². The molecule has 1 aromatic carbocycles. The molecule has 4 heteroatoms. The number of ether oxygens (including phenoxy) is 2. The van der Waals surface area contributed by atoms with Crippen molar-refractivity contribution in [3.8, 4) is 11.5 Å². The van der Waals surface area contributed by atoms with E-state index in [1.807, 2.05) is 18.2 Å². The first kappa shape index (κ1) is 13.0. The van der Waals surface area contributed by atoms with E-state index in [2.05, 4.69) is 24.1 Å². The van der Waals surface area contributed by atoms with E-state index in [0.29, 0.717) is 0 Å². The number of nitrogens with zero attached hydrogens (tertiary/aromatic N) is 1. The quantitative estimate of drug-likeness (QED) is 0.888. The molecule has 0 amide bonds. The number of methoxy groups -OCH3 is 2. The van der Waals surface area contributed by atoms with Crippen LogP contribution in [-0.2, 0) is 0 Å². The zero-order valence-corrected chi connectivity index (χ0v) is 11.6. The summed E-state index contributed by atoms with van der Waals surface area (Å²) >= 11 is 0. The van der Waals surface area contributed by atoms with Crippen molar-refractivity contribution in [1.82, 2.24) is 5.32 Å². The highest BCUT2D eigenvalue weighted by Gasteiger charge is 2.31. The first-order valence-electron chi connectivity index (χ1n) is 6.29. The molecule has 0 bridgehead atoms. The second-order valence-electron chi connectivity index (χ2n) is 5.18. The van der Waals surface area contributed by atoms with Gasteiger partial charge >= 0.3 is 0 Å². The lowest BCUT2D eigenvalue weighted by atomic mass is 9.99. The largest absolute Gasteiger partial charge is 0.497 e. The van der Waals surface area contributed by atoms with Gasteiger partial charge in [0.05, 0.1) is 19.9 Å². The molecule has 0 saturated carbocycles. The average molecular weight is 250 g/mol. The van der Waals surface area contributed by atoms with Crippen LogP contribution in [0, 0.1) is 0 Å². The molecular formula is C14H22N2O2. The van der Waals surface area contributed by atoms with Crippen molar-refractivity contribution < 1.29 is 9.47 Å². The van der Waals surface area contributed by atoms with Gasteiger partial charge in [-0.2, -0.15) is 0 Å². The number of anilines is 1. The van der Waals surface area contributed by atoms with Crippen molar-refractivity contribution in [2.24, 2.45) is 0 Å². The highest BCUT2D eigenvalue weighted by Crippen LogP contribution is 2.36. The molecule has 1 saturated heterocycles. The van der Waals surface area contributed by atoms with Gasteiger partial charge in [0.1, 0.15) is 11.5 Å². The maximum Gasteiger partial charge on any atom is 0.142 e. The predicted molar refractivity (Wildman–Crippen MR) is 73.8 cm³/mol. The Balaban J connectivity index is 2.41. The Morgan fingerprint density at radius 2 is 2.00 bits per heavy atom. The van der Waals surface area contributed by atoms with Crippen LogP contribution in [0.25, 0.3) is 0 Å². The van der Waals surface area contributed by atoms with Gasteiger partial charge in [-0.25, -0.2) is 0 Å². The summed E-state index contributed by atoms with van der Waals surface area (Å²) in [6, 6.07) is 5.94. The molecule has 0 atom stereocenters. The van der Waals surface area contributed by atoms with Gasteiger partial charge in [0.2, 0.25) is 0 Å². The van der Waals surface area contributed by atoms with Gasteiger partial charge in [0.25, 0.3) is 0 Å². The number of benzene rings is 1. The summed E-state index contributed by atoms with van der Waals surface area (Å²) in [4.78, 5) is 2.38. The summed E-state index contributed by atoms with van der Waals surface area (Å²) in [6.07, 6.45) is 0. The summed E-state index contributed by atoms with van der Waals surface area (Å²) in [5.74, 6) is 1.76. The SMILES string of the molecule is COc1ccc(OC)c(N2CCNCC2(C)C)c1. The molecule has 2 rings (SSSR count). The fraction of sp³-hybridized carbons (Fsp3) is 0.571. The number of piperazine rings is 1. The minimum absolute atomic E-state index is 0.0674. The zero-order chi connectivity index (χ0) is 13.2. The average Bonchev–Trinajstić information content (AvgIpc) is 2.37. The second kappa shape index (κ2) is 5.06. The van der Waals surface area contributed by atoms with Crippen LogP contribution in [0.1, 0.15) is 13.8 Å². The lowest BCUT2D eigenvalue weighted by Gasteiger charge is -2.44. The van der Waals surface area contributed by atoms with Gasteiger partial charge in [0.15, 0.2) is 0 Å². The molecule has 100 valence electrons. The van der Waals surface area contributed by atoms with Crippen LogP contribution in [0.5, 0.6) is 11.5 Å². The minimum atomic E-state index is 0.0674. The third kappa shape index (κ3) is 2.38. The van der Waals surface area contributed by atoms with Crippen LogP contribution in [0.4, 0.5) is 5.69 Å². The van der Waals surface area contributed by atoms with Crippen molar-refractivity contribution in [2.45, 2.75) is 19.4 Å². The Morgan fingerprint density at radius 3 is 2.61 bits per heavy atom. The third-order valence-corrected chi connectivity index (χ3v) is 3.48. The summed E-state index contributed by atoms with van der Waals surface area (Å²) in [6.45, 7) is 7.39. The molecule has 1 N–H and O–H groups in total. The van der Waals surface area contributed by atoms with Crippen LogP contribution in [-0.4, -0.2) is 39.4 Å². The molecule has 1 fully saturated rings. The molecular weight excluding hydrogens is 228 g/mol. The van der Waals surface area contributed by atoms with Gasteiger partial charge in [-0.05, 0) is 26.0 Å². The molecule has 0 aromatic heterocycles. The van der Waals surface area contributed by atoms with Crippen molar-refractivity contribution in [1.29, 1.82) is 0 Å². The Morgan fingerprint density at radius 1 is 1.22 bits per heavy atom. The summed E-state index contributed by atoms with van der Waals surface area (Å²) < 4.78 is 10.8. The lowest BCUT2D eigenvalue weighted by Crippen LogP contribution is -2.58. The van der Waals surface area contributed by atoms with Crippen LogP contribution in [0.3, 0.4) is 0 Å². The molecule has 1 aliphatic rings. The van der Waals surface area contributed by atoms with E-state index in [0.717, 1.165) is 36.8 Å². The normalized spacial score (nSPS) is 18.6. The van der Waals surface area contributed by atoms with Crippen LogP contribution < -0.4 is 19.7 Å². The second-order valence-corrected chi connectivity index (χ2v) is 5.18. The maximum atomic E-state index is 5.47. The van der Waals surface area contributed by atoms with Crippen LogP contribution in [0.15, 0.2) is 18.2 Å². The van der Waals surface area contributed by atoms with Gasteiger partial charge < -0.3 is 19.7 Å². The molecule has 4 nitrogen and oxygen atoms in total. The number of hydrogen-bond donors (Lipinski definition) is 1. The molecule has 0 spiro atoms. The highest BCUT2D eigenvalue weighted by atomic mass is 16.5. The minimum Gasteiger partial charge on any atom is -0.497 e. The molecule has 0 radical (unpaired) electrons. The van der Waals surface area contributed by atoms with E-state index in [9.17, 15) is 0 Å². The Labute approximate surface area is 109 Å². The van der Waals surface area contributed by atoms with E-state index < -0.39 is 0 Å². The molecule has 1 aliphatic heterocycles. The highest BCUT2D eigenvalue weighted by molar-refractivity contribution is 5.63. The lowest BCUT2D eigenvalue weighted by molar-refractivity contribution is 0.365. The first-order chi connectivity index (χ1) is 8.58. The topological polar surface area (TPSA) is 33.7 Å². The van der Waals surface area contributed by atoms with Crippen LogP contribution >= 0.6 is 0 Å². The number of rotatable bonds is 3. The van der Waals surface area contributed by atoms with Gasteiger partial charge in [-0.15, -0.1) is 0 Å². The number of nitrogens with one attached hydrogen (secondary N) is 1. The standard InChI is InChI=1S/C14H22N2O2/c1-14(2)10-15-7-8-16(14)12-9-11(17-3)5-6-13(12)18-4/h5-6,9,15H,7-8,10H2,1-4H3. The first-order valence-corrected chi connectivity index (χ1v) is 6.29. The summed E-state index contributed by atoms with van der Waals surface area (Å²) in [7, 11) is 3.40. The fourth-order valence-corrected chi connectivity index (χ4v) is 2.44. The van der Waals surface area contributed by atoms with Crippen molar-refractivity contribution in [3.63, 3.8) is 0 Å². The summed E-state index contributed by atoms with van der Waals surface area (Å²) in [5.41, 5.74) is 1.17. The molecule has 0 unspecified atom stereocenters. The van der Waals surface area contributed by atoms with E-state index in [4.69, 9.17) is 9.47 Å². The molecule has 18 heavy (non-hydrogen) atoms. The fourth-order valence-electron chi connectivity index (χ4n) is 2.44. The predicted octanol–water partition coefficient (Wildman–Crippen LogP) is 1.89. The van der Waals surface area contributed by atoms with Gasteiger partial charge in [-0.3, -0.25) is 0 Å². The van der Waals surface area contributed by atoms with Gasteiger partial charge in [-0.1, -0.05) is 0 Å². The Kier molecular flexibility index (Phi) is 3.66. The van der Waals surface area contributed by atoms with E-state index >= 15 is 0 Å². The van der Waals surface area contributed by atoms with E-state index in [1.165, 1.54) is 0 Å². The summed E-state index contributed by atoms with van der Waals surface area (Å²) in [5, 5.41) is 3.43. The maximum absolute atomic E-state index is 5.47. The Bertz CT molecular complexity index is 418. The zero-order valence-electron chi connectivity index (χ0n) is 11.6. The smallest absolute Gasteiger partial charge is 0.142 e. The molecule has 1 aromatic rings. The van der Waals surface area contributed by atoms with Crippen molar-refractivity contribution in [3.05, 3.63) is 18.2 Å². The Hall–Kier alpha value is -1.42. The van der Waals surface area contributed by atoms with Crippen molar-refractivity contribution >= 4 is 5.69 Å². The molecule has 1 heterocycles. The third-order valence-electron chi connectivity index (χ3n) is 3.48. The van der Waals surface area contributed by atoms with E-state index in [-0.39, 0.29) is 5.54 Å². The van der Waals surface area contributed by atoms with Gasteiger partial charge in [0, 0.05) is 31.2 Å². The molecule has 0 aliphatic carbocycles. The monoisotopic (exact) mass is 250 g/mol.